The van der Waals surface area contributed by atoms with E-state index in [9.17, 15) is 9.59 Å². The number of fused-ring (bicyclic) bond motifs is 1. The Morgan fingerprint density at radius 3 is 2.68 bits per heavy atom. The molecule has 0 aliphatic heterocycles. The number of amides is 1. The minimum atomic E-state index is -0.403. The molecule has 0 saturated carbocycles. The monoisotopic (exact) mass is 336 g/mol. The first-order valence-corrected chi connectivity index (χ1v) is 7.55. The summed E-state index contributed by atoms with van der Waals surface area (Å²) in [6.07, 6.45) is 3.27. The Morgan fingerprint density at radius 1 is 1.20 bits per heavy atom. The second-order valence-corrected chi connectivity index (χ2v) is 5.29. The third-order valence-electron chi connectivity index (χ3n) is 3.63. The average molecular weight is 336 g/mol. The van der Waals surface area contributed by atoms with Crippen molar-refractivity contribution in [2.24, 2.45) is 5.10 Å². The van der Waals surface area contributed by atoms with Crippen LogP contribution in [0.4, 0.5) is 0 Å². The molecule has 126 valence electrons. The van der Waals surface area contributed by atoms with Crippen molar-refractivity contribution in [3.8, 4) is 0 Å². The van der Waals surface area contributed by atoms with Crippen molar-refractivity contribution >= 4 is 23.7 Å². The molecule has 2 aromatic heterocycles. The zero-order valence-electron chi connectivity index (χ0n) is 13.8. The topological polar surface area (TPSA) is 85.1 Å². The minimum Gasteiger partial charge on any atom is -0.465 e. The summed E-state index contributed by atoms with van der Waals surface area (Å²) < 4.78 is 6.35. The normalized spacial score (nSPS) is 11.0. The SMILES string of the molecule is COC(=O)c1ccc(/C=N\NC(=O)c2c(C)nc3ccccn23)cc1. The number of methoxy groups -OCH3 is 1. The molecule has 0 fully saturated rings. The van der Waals surface area contributed by atoms with Crippen LogP contribution in [-0.4, -0.2) is 34.6 Å². The summed E-state index contributed by atoms with van der Waals surface area (Å²) in [6.45, 7) is 1.77. The number of aromatic nitrogens is 2. The van der Waals surface area contributed by atoms with Crippen LogP contribution in [-0.2, 0) is 4.74 Å². The van der Waals surface area contributed by atoms with E-state index in [-0.39, 0.29) is 5.91 Å². The predicted octanol–water partition coefficient (Wildman–Crippen LogP) is 2.19. The second-order valence-electron chi connectivity index (χ2n) is 5.29. The number of imidazole rings is 1. The third kappa shape index (κ3) is 3.40. The van der Waals surface area contributed by atoms with Gasteiger partial charge in [0, 0.05) is 6.20 Å². The van der Waals surface area contributed by atoms with Gasteiger partial charge in [-0.1, -0.05) is 18.2 Å². The van der Waals surface area contributed by atoms with E-state index in [1.54, 1.807) is 41.8 Å². The van der Waals surface area contributed by atoms with E-state index in [1.807, 2.05) is 18.2 Å². The van der Waals surface area contributed by atoms with E-state index < -0.39 is 5.97 Å². The van der Waals surface area contributed by atoms with E-state index in [2.05, 4.69) is 20.2 Å². The van der Waals surface area contributed by atoms with Gasteiger partial charge in [0.25, 0.3) is 5.91 Å². The molecule has 1 amide bonds. The van der Waals surface area contributed by atoms with Gasteiger partial charge in [-0.2, -0.15) is 5.10 Å². The molecule has 25 heavy (non-hydrogen) atoms. The molecule has 0 aliphatic rings. The van der Waals surface area contributed by atoms with Crippen LogP contribution in [0, 0.1) is 6.92 Å². The van der Waals surface area contributed by atoms with Crippen molar-refractivity contribution in [2.75, 3.05) is 7.11 Å². The first-order valence-electron chi connectivity index (χ1n) is 7.55. The van der Waals surface area contributed by atoms with Gasteiger partial charge in [-0.3, -0.25) is 9.20 Å². The Bertz CT molecular complexity index is 958. The van der Waals surface area contributed by atoms with Crippen LogP contribution in [0.3, 0.4) is 0 Å². The molecule has 0 radical (unpaired) electrons. The minimum absolute atomic E-state index is 0.348. The number of rotatable bonds is 4. The molecule has 0 bridgehead atoms. The number of esters is 1. The molecule has 3 rings (SSSR count). The summed E-state index contributed by atoms with van der Waals surface area (Å²) in [5.74, 6) is -0.751. The van der Waals surface area contributed by atoms with Gasteiger partial charge in [0.15, 0.2) is 0 Å². The molecule has 7 heteroatoms. The highest BCUT2D eigenvalue weighted by Crippen LogP contribution is 2.11. The van der Waals surface area contributed by atoms with Crippen LogP contribution in [0.2, 0.25) is 0 Å². The average Bonchev–Trinajstić information content (AvgIpc) is 2.97. The highest BCUT2D eigenvalue weighted by atomic mass is 16.5. The molecule has 3 aromatic rings. The van der Waals surface area contributed by atoms with E-state index in [4.69, 9.17) is 0 Å². The molecular weight excluding hydrogens is 320 g/mol. The van der Waals surface area contributed by atoms with Crippen molar-refractivity contribution in [2.45, 2.75) is 6.92 Å². The summed E-state index contributed by atoms with van der Waals surface area (Å²) in [7, 11) is 1.33. The van der Waals surface area contributed by atoms with Crippen LogP contribution >= 0.6 is 0 Å². The van der Waals surface area contributed by atoms with Crippen LogP contribution in [0.25, 0.3) is 5.65 Å². The van der Waals surface area contributed by atoms with Crippen molar-refractivity contribution in [1.82, 2.24) is 14.8 Å². The largest absolute Gasteiger partial charge is 0.465 e. The van der Waals surface area contributed by atoms with E-state index in [0.717, 1.165) is 5.56 Å². The molecule has 0 spiro atoms. The standard InChI is InChI=1S/C18H16N4O3/c1-12-16(22-10-4-3-5-15(22)20-12)17(23)21-19-11-13-6-8-14(9-7-13)18(24)25-2/h3-11H,1-2H3,(H,21,23)/b19-11-. The highest BCUT2D eigenvalue weighted by Gasteiger charge is 2.15. The Morgan fingerprint density at radius 2 is 1.96 bits per heavy atom. The number of nitrogens with one attached hydrogen (secondary N) is 1. The van der Waals surface area contributed by atoms with Gasteiger partial charge in [-0.05, 0) is 36.8 Å². The summed E-state index contributed by atoms with van der Waals surface area (Å²) in [5.41, 5.74) is 5.45. The Kier molecular flexibility index (Phi) is 4.56. The summed E-state index contributed by atoms with van der Waals surface area (Å²) in [5, 5.41) is 3.96. The van der Waals surface area contributed by atoms with Gasteiger partial charge < -0.3 is 4.74 Å². The summed E-state index contributed by atoms with van der Waals surface area (Å²) in [6, 6.07) is 12.2. The van der Waals surface area contributed by atoms with E-state index in [0.29, 0.717) is 22.6 Å². The predicted molar refractivity (Wildman–Crippen MR) is 92.8 cm³/mol. The molecule has 0 unspecified atom stereocenters. The number of hydrogen-bond acceptors (Lipinski definition) is 5. The first kappa shape index (κ1) is 16.4. The number of hydrogen-bond donors (Lipinski definition) is 1. The molecule has 0 atom stereocenters. The molecular formula is C18H16N4O3. The Balaban J connectivity index is 1.72. The number of ether oxygens (including phenoxy) is 1. The fourth-order valence-corrected chi connectivity index (χ4v) is 2.43. The van der Waals surface area contributed by atoms with Crippen LogP contribution in [0.15, 0.2) is 53.8 Å². The van der Waals surface area contributed by atoms with Gasteiger partial charge >= 0.3 is 5.97 Å². The molecule has 2 heterocycles. The van der Waals surface area contributed by atoms with Crippen LogP contribution in [0.1, 0.15) is 32.1 Å². The zero-order valence-corrected chi connectivity index (χ0v) is 13.8. The van der Waals surface area contributed by atoms with Crippen molar-refractivity contribution in [1.29, 1.82) is 0 Å². The quantitative estimate of drug-likeness (QED) is 0.450. The lowest BCUT2D eigenvalue weighted by molar-refractivity contribution is 0.0600. The number of pyridine rings is 1. The molecule has 1 N–H and O–H groups in total. The van der Waals surface area contributed by atoms with Crippen LogP contribution < -0.4 is 5.43 Å². The van der Waals surface area contributed by atoms with Gasteiger partial charge in [0.1, 0.15) is 11.3 Å². The molecule has 0 saturated heterocycles. The Hall–Kier alpha value is -3.48. The fraction of sp³-hybridized carbons (Fsp3) is 0.111. The van der Waals surface area contributed by atoms with Crippen molar-refractivity contribution in [3.05, 3.63) is 71.2 Å². The maximum Gasteiger partial charge on any atom is 0.337 e. The van der Waals surface area contributed by atoms with Gasteiger partial charge in [0.2, 0.25) is 0 Å². The first-order chi connectivity index (χ1) is 12.1. The summed E-state index contributed by atoms with van der Waals surface area (Å²) in [4.78, 5) is 28.1. The lowest BCUT2D eigenvalue weighted by atomic mass is 10.1. The van der Waals surface area contributed by atoms with Gasteiger partial charge in [0.05, 0.1) is 24.6 Å². The number of carbonyl (C=O) groups excluding carboxylic acids is 2. The molecule has 1 aromatic carbocycles. The number of carbonyl (C=O) groups is 2. The number of nitrogens with zero attached hydrogens (tertiary/aromatic N) is 3. The lowest BCUT2D eigenvalue weighted by Gasteiger charge is -2.02. The van der Waals surface area contributed by atoms with Gasteiger partial charge in [-0.15, -0.1) is 0 Å². The van der Waals surface area contributed by atoms with E-state index in [1.165, 1.54) is 13.3 Å². The zero-order chi connectivity index (χ0) is 17.8. The highest BCUT2D eigenvalue weighted by molar-refractivity contribution is 5.95. The van der Waals surface area contributed by atoms with E-state index >= 15 is 0 Å². The summed E-state index contributed by atoms with van der Waals surface area (Å²) >= 11 is 0. The smallest absolute Gasteiger partial charge is 0.337 e. The maximum absolute atomic E-state index is 12.4. The third-order valence-corrected chi connectivity index (χ3v) is 3.63. The maximum atomic E-state index is 12.4. The second kappa shape index (κ2) is 6.96. The Labute approximate surface area is 144 Å². The number of aryl methyl sites for hydroxylation is 1. The molecule has 7 nitrogen and oxygen atoms in total. The van der Waals surface area contributed by atoms with Gasteiger partial charge in [-0.25, -0.2) is 15.2 Å². The van der Waals surface area contributed by atoms with Crippen molar-refractivity contribution < 1.29 is 14.3 Å². The van der Waals surface area contributed by atoms with Crippen LogP contribution in [0.5, 0.6) is 0 Å². The molecule has 0 aliphatic carbocycles. The van der Waals surface area contributed by atoms with Crippen molar-refractivity contribution in [3.63, 3.8) is 0 Å². The fourth-order valence-electron chi connectivity index (χ4n) is 2.43. The lowest BCUT2D eigenvalue weighted by Crippen LogP contribution is -2.20. The number of benzene rings is 1. The number of hydrazone groups is 1.